The van der Waals surface area contributed by atoms with Gasteiger partial charge in [0.1, 0.15) is 19.3 Å². The van der Waals surface area contributed by atoms with Gasteiger partial charge in [0, 0.05) is 13.0 Å². The fraction of sp³-hybridized carbons (Fsp3) is 0.977. The summed E-state index contributed by atoms with van der Waals surface area (Å²) in [6.45, 7) is 5.47. The van der Waals surface area contributed by atoms with Gasteiger partial charge in [-0.1, -0.05) is 200 Å². The highest BCUT2D eigenvalue weighted by molar-refractivity contribution is 7.45. The molecule has 9 heteroatoms. The first-order valence-corrected chi connectivity index (χ1v) is 24.2. The molecule has 2 unspecified atom stereocenters. The minimum Gasteiger partial charge on any atom is -0.756 e. The van der Waals surface area contributed by atoms with Crippen molar-refractivity contribution in [1.29, 1.82) is 0 Å². The number of rotatable bonds is 43. The third kappa shape index (κ3) is 42.5. The van der Waals surface area contributed by atoms with Crippen molar-refractivity contribution in [2.75, 3.05) is 54.1 Å². The molecule has 0 aromatic heterocycles. The lowest BCUT2D eigenvalue weighted by molar-refractivity contribution is -0.870. The molecule has 8 nitrogen and oxygen atoms in total. The molecule has 0 amide bonds. The third-order valence-corrected chi connectivity index (χ3v) is 11.1. The highest BCUT2D eigenvalue weighted by Crippen LogP contribution is 2.38. The normalized spacial score (nSPS) is 13.7. The van der Waals surface area contributed by atoms with Crippen LogP contribution < -0.4 is 4.89 Å². The monoisotopic (exact) mass is 776 g/mol. The van der Waals surface area contributed by atoms with E-state index in [1.54, 1.807) is 0 Å². The van der Waals surface area contributed by atoms with E-state index in [1.807, 2.05) is 21.1 Å². The second kappa shape index (κ2) is 38.4. The Labute approximate surface area is 329 Å². The van der Waals surface area contributed by atoms with Crippen molar-refractivity contribution in [3.05, 3.63) is 0 Å². The minimum absolute atomic E-state index is 0.0314. The van der Waals surface area contributed by atoms with Crippen molar-refractivity contribution in [2.24, 2.45) is 0 Å². The molecule has 0 aliphatic carbocycles. The summed E-state index contributed by atoms with van der Waals surface area (Å²) in [6.07, 6.45) is 39.6. The molecule has 318 valence electrons. The molecule has 0 fully saturated rings. The fourth-order valence-electron chi connectivity index (χ4n) is 6.61. The number of hydrogen-bond donors (Lipinski definition) is 0. The number of carbonyl (C=O) groups excluding carboxylic acids is 1. The van der Waals surface area contributed by atoms with Gasteiger partial charge < -0.3 is 27.9 Å². The Bertz CT molecular complexity index is 822. The number of phosphoric acid groups is 1. The average molecular weight is 776 g/mol. The second-order valence-corrected chi connectivity index (χ2v) is 18.2. The lowest BCUT2D eigenvalue weighted by Crippen LogP contribution is -2.37. The zero-order valence-electron chi connectivity index (χ0n) is 36.0. The molecule has 0 N–H and O–H groups in total. The predicted molar refractivity (Wildman–Crippen MR) is 222 cm³/mol. The van der Waals surface area contributed by atoms with Gasteiger partial charge >= 0.3 is 5.97 Å². The Morgan fingerprint density at radius 2 is 0.868 bits per heavy atom. The van der Waals surface area contributed by atoms with Crippen LogP contribution in [0.25, 0.3) is 0 Å². The van der Waals surface area contributed by atoms with E-state index in [9.17, 15) is 14.3 Å². The van der Waals surface area contributed by atoms with Crippen molar-refractivity contribution in [3.63, 3.8) is 0 Å². The van der Waals surface area contributed by atoms with Crippen LogP contribution in [0.4, 0.5) is 0 Å². The number of unbranched alkanes of at least 4 members (excludes halogenated alkanes) is 29. The van der Waals surface area contributed by atoms with Crippen molar-refractivity contribution >= 4 is 13.8 Å². The number of ether oxygens (including phenoxy) is 2. The Morgan fingerprint density at radius 3 is 1.25 bits per heavy atom. The van der Waals surface area contributed by atoms with Crippen LogP contribution in [0.5, 0.6) is 0 Å². The lowest BCUT2D eigenvalue weighted by atomic mass is 10.0. The summed E-state index contributed by atoms with van der Waals surface area (Å²) in [5, 5.41) is 0. The van der Waals surface area contributed by atoms with Crippen LogP contribution in [-0.2, 0) is 27.9 Å². The highest BCUT2D eigenvalue weighted by Gasteiger charge is 2.20. The van der Waals surface area contributed by atoms with E-state index in [2.05, 4.69) is 13.8 Å². The van der Waals surface area contributed by atoms with Gasteiger partial charge in [-0.25, -0.2) is 0 Å². The van der Waals surface area contributed by atoms with Gasteiger partial charge in [-0.05, 0) is 12.8 Å². The maximum Gasteiger partial charge on any atom is 0.306 e. The number of quaternary nitrogens is 1. The Kier molecular flexibility index (Phi) is 38.0. The molecule has 2 atom stereocenters. The first kappa shape index (κ1) is 52.5. The van der Waals surface area contributed by atoms with Crippen LogP contribution >= 0.6 is 7.82 Å². The fourth-order valence-corrected chi connectivity index (χ4v) is 7.34. The first-order chi connectivity index (χ1) is 25.6. The minimum atomic E-state index is -4.51. The van der Waals surface area contributed by atoms with Crippen LogP contribution in [0.3, 0.4) is 0 Å². The van der Waals surface area contributed by atoms with E-state index in [0.717, 1.165) is 32.1 Å². The summed E-state index contributed by atoms with van der Waals surface area (Å²) in [5.41, 5.74) is 0. The molecule has 0 heterocycles. The molecule has 0 bridgehead atoms. The van der Waals surface area contributed by atoms with E-state index in [1.165, 1.54) is 167 Å². The van der Waals surface area contributed by atoms with Crippen LogP contribution in [-0.4, -0.2) is 70.7 Å². The molecule has 0 saturated heterocycles. The zero-order valence-corrected chi connectivity index (χ0v) is 36.9. The molecule has 0 aliphatic rings. The van der Waals surface area contributed by atoms with E-state index in [4.69, 9.17) is 18.5 Å². The van der Waals surface area contributed by atoms with Gasteiger partial charge in [0.25, 0.3) is 7.82 Å². The molecule has 0 saturated carbocycles. The van der Waals surface area contributed by atoms with Gasteiger partial charge in [-0.2, -0.15) is 0 Å². The summed E-state index contributed by atoms with van der Waals surface area (Å²) in [7, 11) is 1.37. The summed E-state index contributed by atoms with van der Waals surface area (Å²) in [5.74, 6) is -0.327. The Hall–Kier alpha value is -0.500. The van der Waals surface area contributed by atoms with E-state index in [-0.39, 0.29) is 25.8 Å². The van der Waals surface area contributed by atoms with Crippen LogP contribution in [0, 0.1) is 0 Å². The van der Waals surface area contributed by atoms with Crippen LogP contribution in [0.1, 0.15) is 219 Å². The number of phosphoric ester groups is 1. The Balaban J connectivity index is 4.16. The smallest absolute Gasteiger partial charge is 0.306 e. The number of hydrogen-bond acceptors (Lipinski definition) is 7. The number of likely N-dealkylation sites (N-methyl/N-ethyl adjacent to an activating group) is 1. The SMILES string of the molecule is CCCCCCCCCCCCCCCCCCCC(=O)OC(COCCCCCCCCCCCCCCCC)COP(=O)([O-])OCC[N+](C)(C)C. The maximum absolute atomic E-state index is 12.7. The lowest BCUT2D eigenvalue weighted by Gasteiger charge is -2.28. The molecule has 0 aromatic rings. The molecule has 53 heavy (non-hydrogen) atoms. The summed E-state index contributed by atoms with van der Waals surface area (Å²) >= 11 is 0. The quantitative estimate of drug-likeness (QED) is 0.0263. The van der Waals surface area contributed by atoms with Gasteiger partial charge in [0.05, 0.1) is 34.4 Å². The molecule has 0 rings (SSSR count). The Morgan fingerprint density at radius 1 is 0.509 bits per heavy atom. The summed E-state index contributed by atoms with van der Waals surface area (Å²) < 4.78 is 34.6. The van der Waals surface area contributed by atoms with Crippen LogP contribution in [0.2, 0.25) is 0 Å². The van der Waals surface area contributed by atoms with Gasteiger partial charge in [-0.3, -0.25) is 9.36 Å². The molecule has 0 radical (unpaired) electrons. The van der Waals surface area contributed by atoms with Crippen molar-refractivity contribution in [1.82, 2.24) is 0 Å². The van der Waals surface area contributed by atoms with Crippen LogP contribution in [0.15, 0.2) is 0 Å². The summed E-state index contributed by atoms with van der Waals surface area (Å²) in [4.78, 5) is 25.0. The molecular formula is C44H90NO7P. The third-order valence-electron chi connectivity index (χ3n) is 10.2. The van der Waals surface area contributed by atoms with Gasteiger partial charge in [0.2, 0.25) is 0 Å². The average Bonchev–Trinajstić information content (AvgIpc) is 3.11. The number of carbonyl (C=O) groups is 1. The standard InChI is InChI=1S/C44H90NO7P/c1-6-8-10-12-14-16-18-20-22-23-24-25-27-29-31-33-35-37-44(46)52-43(42-51-53(47,48)50-40-38-45(3,4)5)41-49-39-36-34-32-30-28-26-21-19-17-15-13-11-9-7-2/h43H,6-42H2,1-5H3. The molecular weight excluding hydrogens is 685 g/mol. The molecule has 0 aliphatic heterocycles. The largest absolute Gasteiger partial charge is 0.756 e. The highest BCUT2D eigenvalue weighted by atomic mass is 31.2. The topological polar surface area (TPSA) is 94.1 Å². The number of nitrogens with zero attached hydrogens (tertiary/aromatic N) is 1. The van der Waals surface area contributed by atoms with Gasteiger partial charge in [-0.15, -0.1) is 0 Å². The molecule has 0 spiro atoms. The predicted octanol–water partition coefficient (Wildman–Crippen LogP) is 12.6. The van der Waals surface area contributed by atoms with E-state index < -0.39 is 13.9 Å². The van der Waals surface area contributed by atoms with Crippen molar-refractivity contribution < 1.29 is 37.3 Å². The number of esters is 1. The first-order valence-electron chi connectivity index (χ1n) is 22.8. The van der Waals surface area contributed by atoms with Crippen molar-refractivity contribution in [2.45, 2.75) is 225 Å². The van der Waals surface area contributed by atoms with E-state index in [0.29, 0.717) is 24.1 Å². The van der Waals surface area contributed by atoms with Gasteiger partial charge in [0.15, 0.2) is 0 Å². The zero-order chi connectivity index (χ0) is 39.1. The maximum atomic E-state index is 12.7. The van der Waals surface area contributed by atoms with E-state index >= 15 is 0 Å². The molecule has 0 aromatic carbocycles. The second-order valence-electron chi connectivity index (χ2n) is 16.8. The van der Waals surface area contributed by atoms with Crippen molar-refractivity contribution in [3.8, 4) is 0 Å². The summed E-state index contributed by atoms with van der Waals surface area (Å²) in [6, 6.07) is 0.